The lowest BCUT2D eigenvalue weighted by atomic mass is 10.00. The number of carbonyl (C=O) groups excluding carboxylic acids is 1. The van der Waals surface area contributed by atoms with Gasteiger partial charge in [-0.2, -0.15) is 13.2 Å². The first-order valence-corrected chi connectivity index (χ1v) is 12.4. The van der Waals surface area contributed by atoms with E-state index in [1.165, 1.54) is 6.07 Å². The maximum atomic E-state index is 13.4. The molecule has 0 bridgehead atoms. The smallest absolute Gasteiger partial charge is 0.370 e. The highest BCUT2D eigenvalue weighted by molar-refractivity contribution is 6.07. The predicted molar refractivity (Wildman–Crippen MR) is 131 cm³/mol. The number of alkyl halides is 3. The van der Waals surface area contributed by atoms with Gasteiger partial charge in [0.15, 0.2) is 0 Å². The molecule has 5 nitrogen and oxygen atoms in total. The first-order chi connectivity index (χ1) is 17.4. The third-order valence-electron chi connectivity index (χ3n) is 7.40. The van der Waals surface area contributed by atoms with E-state index in [0.717, 1.165) is 35.7 Å². The van der Waals surface area contributed by atoms with Crippen LogP contribution in [0.4, 0.5) is 13.2 Å². The van der Waals surface area contributed by atoms with Crippen molar-refractivity contribution in [1.82, 2.24) is 14.5 Å². The molecule has 186 valence electrons. The Bertz CT molecular complexity index is 1430. The van der Waals surface area contributed by atoms with Crippen molar-refractivity contribution in [2.24, 2.45) is 0 Å². The standard InChI is InChI=1S/C28H26F3N3O2/c29-28(30,31)19-10-11-24-23(17-19)32-26(25-9-4-16-36-25)34(24)20-12-14-33(15-13-20)27(35)22-8-3-6-18-5-1-2-7-21(18)22/h1-3,5-8,10-11,17,20,25H,4,9,12-16H2. The molecule has 2 aliphatic heterocycles. The van der Waals surface area contributed by atoms with Crippen LogP contribution < -0.4 is 0 Å². The molecule has 8 heteroatoms. The average molecular weight is 494 g/mol. The SMILES string of the molecule is O=C(c1cccc2ccccc12)N1CCC(n2c(C3CCCO3)nc3cc(C(F)(F)F)ccc32)CC1. The van der Waals surface area contributed by atoms with Gasteiger partial charge in [-0.1, -0.05) is 36.4 Å². The lowest BCUT2D eigenvalue weighted by molar-refractivity contribution is -0.137. The molecule has 3 aromatic carbocycles. The number of halogens is 3. The van der Waals surface area contributed by atoms with Gasteiger partial charge in [0.05, 0.1) is 16.6 Å². The molecule has 36 heavy (non-hydrogen) atoms. The van der Waals surface area contributed by atoms with Crippen LogP contribution in [0.25, 0.3) is 21.8 Å². The fourth-order valence-electron chi connectivity index (χ4n) is 5.60. The number of ether oxygens (including phenoxy) is 1. The van der Waals surface area contributed by atoms with Gasteiger partial charge in [-0.05, 0) is 60.7 Å². The molecular weight excluding hydrogens is 467 g/mol. The number of hydrogen-bond donors (Lipinski definition) is 0. The summed E-state index contributed by atoms with van der Waals surface area (Å²) in [4.78, 5) is 19.9. The number of likely N-dealkylation sites (tertiary alicyclic amines) is 1. The number of piperidine rings is 1. The van der Waals surface area contributed by atoms with E-state index in [0.29, 0.717) is 55.0 Å². The molecule has 3 heterocycles. The Morgan fingerprint density at radius 1 is 0.972 bits per heavy atom. The largest absolute Gasteiger partial charge is 0.416 e. The summed E-state index contributed by atoms with van der Waals surface area (Å²) in [5, 5.41) is 1.97. The van der Waals surface area contributed by atoms with Crippen molar-refractivity contribution in [3.05, 3.63) is 77.6 Å². The van der Waals surface area contributed by atoms with Gasteiger partial charge < -0.3 is 14.2 Å². The second kappa shape index (κ2) is 8.92. The van der Waals surface area contributed by atoms with Crippen LogP contribution in [0.5, 0.6) is 0 Å². The van der Waals surface area contributed by atoms with Crippen LogP contribution in [0.2, 0.25) is 0 Å². The minimum atomic E-state index is -4.42. The first-order valence-electron chi connectivity index (χ1n) is 12.4. The lowest BCUT2D eigenvalue weighted by Crippen LogP contribution is -2.39. The van der Waals surface area contributed by atoms with Gasteiger partial charge in [0.1, 0.15) is 11.9 Å². The van der Waals surface area contributed by atoms with Crippen LogP contribution in [0.1, 0.15) is 59.6 Å². The Hall–Kier alpha value is -3.39. The molecule has 0 N–H and O–H groups in total. The Morgan fingerprint density at radius 3 is 2.50 bits per heavy atom. The van der Waals surface area contributed by atoms with E-state index in [9.17, 15) is 18.0 Å². The molecular formula is C28H26F3N3O2. The summed E-state index contributed by atoms with van der Waals surface area (Å²) in [5.41, 5.74) is 1.02. The second-order valence-electron chi connectivity index (χ2n) is 9.59. The number of carbonyl (C=O) groups is 1. The normalized spacial score (nSPS) is 19.4. The number of hydrogen-bond acceptors (Lipinski definition) is 3. The number of amides is 1. The van der Waals surface area contributed by atoms with E-state index < -0.39 is 11.7 Å². The molecule has 6 rings (SSSR count). The van der Waals surface area contributed by atoms with Crippen molar-refractivity contribution in [1.29, 1.82) is 0 Å². The Labute approximate surface area is 206 Å². The second-order valence-corrected chi connectivity index (χ2v) is 9.59. The Kier molecular flexibility index (Phi) is 5.71. The maximum absolute atomic E-state index is 13.4. The number of fused-ring (bicyclic) bond motifs is 2. The van der Waals surface area contributed by atoms with Gasteiger partial charge in [0.25, 0.3) is 5.91 Å². The summed E-state index contributed by atoms with van der Waals surface area (Å²) in [6.07, 6.45) is -1.55. The molecule has 1 unspecified atom stereocenters. The highest BCUT2D eigenvalue weighted by Crippen LogP contribution is 2.38. The van der Waals surface area contributed by atoms with Crippen molar-refractivity contribution >= 4 is 27.7 Å². The third-order valence-corrected chi connectivity index (χ3v) is 7.40. The van der Waals surface area contributed by atoms with Gasteiger partial charge >= 0.3 is 6.18 Å². The van der Waals surface area contributed by atoms with E-state index >= 15 is 0 Å². The molecule has 1 amide bonds. The summed E-state index contributed by atoms with van der Waals surface area (Å²) in [5.74, 6) is 0.704. The quantitative estimate of drug-likeness (QED) is 0.326. The monoisotopic (exact) mass is 493 g/mol. The van der Waals surface area contributed by atoms with Gasteiger partial charge in [-0.15, -0.1) is 0 Å². The number of imidazole rings is 1. The topological polar surface area (TPSA) is 47.4 Å². The van der Waals surface area contributed by atoms with Crippen LogP contribution in [-0.2, 0) is 10.9 Å². The number of rotatable bonds is 3. The first kappa shape index (κ1) is 23.0. The number of nitrogens with zero attached hydrogens (tertiary/aromatic N) is 3. The van der Waals surface area contributed by atoms with Crippen molar-refractivity contribution in [2.45, 2.75) is 44.0 Å². The molecule has 1 aromatic heterocycles. The summed E-state index contributed by atoms with van der Waals surface area (Å²) in [6, 6.07) is 17.4. The van der Waals surface area contributed by atoms with Crippen molar-refractivity contribution in [2.75, 3.05) is 19.7 Å². The zero-order valence-corrected chi connectivity index (χ0v) is 19.7. The number of aromatic nitrogens is 2. The van der Waals surface area contributed by atoms with Gasteiger partial charge in [0, 0.05) is 31.3 Å². The zero-order chi connectivity index (χ0) is 24.9. The van der Waals surface area contributed by atoms with Crippen LogP contribution >= 0.6 is 0 Å². The highest BCUT2D eigenvalue weighted by Gasteiger charge is 2.34. The summed E-state index contributed by atoms with van der Waals surface area (Å²) in [6.45, 7) is 1.76. The molecule has 0 spiro atoms. The molecule has 2 fully saturated rings. The van der Waals surface area contributed by atoms with Crippen LogP contribution in [-0.4, -0.2) is 40.1 Å². The highest BCUT2D eigenvalue weighted by atomic mass is 19.4. The molecule has 0 saturated carbocycles. The fourth-order valence-corrected chi connectivity index (χ4v) is 5.60. The van der Waals surface area contributed by atoms with E-state index in [-0.39, 0.29) is 18.1 Å². The van der Waals surface area contributed by atoms with E-state index in [2.05, 4.69) is 9.55 Å². The van der Waals surface area contributed by atoms with Crippen LogP contribution in [0.3, 0.4) is 0 Å². The Balaban J connectivity index is 1.29. The minimum Gasteiger partial charge on any atom is -0.370 e. The third kappa shape index (κ3) is 4.03. The minimum absolute atomic E-state index is 0.00917. The van der Waals surface area contributed by atoms with Gasteiger partial charge in [-0.3, -0.25) is 4.79 Å². The van der Waals surface area contributed by atoms with Crippen molar-refractivity contribution in [3.8, 4) is 0 Å². The van der Waals surface area contributed by atoms with Crippen LogP contribution in [0, 0.1) is 0 Å². The van der Waals surface area contributed by atoms with E-state index in [1.807, 2.05) is 47.4 Å². The molecule has 0 aliphatic carbocycles. The molecule has 2 aliphatic rings. The summed E-state index contributed by atoms with van der Waals surface area (Å²) >= 11 is 0. The van der Waals surface area contributed by atoms with E-state index in [1.54, 1.807) is 0 Å². The van der Waals surface area contributed by atoms with Gasteiger partial charge in [-0.25, -0.2) is 4.98 Å². The molecule has 2 saturated heterocycles. The average Bonchev–Trinajstić information content (AvgIpc) is 3.55. The molecule has 4 aromatic rings. The van der Waals surface area contributed by atoms with Crippen LogP contribution in [0.15, 0.2) is 60.7 Å². The van der Waals surface area contributed by atoms with Crippen molar-refractivity contribution < 1.29 is 22.7 Å². The predicted octanol–water partition coefficient (Wildman–Crippen LogP) is 6.54. The number of benzene rings is 3. The fraction of sp³-hybridized carbons (Fsp3) is 0.357. The summed E-state index contributed by atoms with van der Waals surface area (Å²) < 4.78 is 48.0. The molecule has 1 atom stereocenters. The molecule has 0 radical (unpaired) electrons. The zero-order valence-electron chi connectivity index (χ0n) is 19.7. The Morgan fingerprint density at radius 2 is 1.75 bits per heavy atom. The summed E-state index contributed by atoms with van der Waals surface area (Å²) in [7, 11) is 0. The van der Waals surface area contributed by atoms with Crippen molar-refractivity contribution in [3.63, 3.8) is 0 Å². The van der Waals surface area contributed by atoms with Gasteiger partial charge in [0.2, 0.25) is 0 Å². The lowest BCUT2D eigenvalue weighted by Gasteiger charge is -2.34. The maximum Gasteiger partial charge on any atom is 0.416 e. The van der Waals surface area contributed by atoms with E-state index in [4.69, 9.17) is 4.74 Å².